The number of amides is 1. The second-order valence-electron chi connectivity index (χ2n) is 7.09. The molecule has 7 heteroatoms. The number of nitrogens with zero attached hydrogens (tertiary/aromatic N) is 5. The van der Waals surface area contributed by atoms with E-state index in [1.807, 2.05) is 17.0 Å². The standard InChI is InChI=1S/C19H29N5O2/c1-15(14-26-3)24-17(21-16-6-5-9-20-19(16)24)7-4-8-18(25)23-12-10-22(2)11-13-23/h5-6,9,15H,4,7-8,10-14H2,1-3H3. The van der Waals surface area contributed by atoms with E-state index in [0.29, 0.717) is 13.0 Å². The van der Waals surface area contributed by atoms with E-state index in [2.05, 4.69) is 28.4 Å². The Balaban J connectivity index is 1.65. The van der Waals surface area contributed by atoms with Gasteiger partial charge in [-0.15, -0.1) is 0 Å². The number of fused-ring (bicyclic) bond motifs is 1. The fourth-order valence-corrected chi connectivity index (χ4v) is 3.54. The van der Waals surface area contributed by atoms with Gasteiger partial charge >= 0.3 is 0 Å². The van der Waals surface area contributed by atoms with Gasteiger partial charge in [0.2, 0.25) is 5.91 Å². The molecule has 26 heavy (non-hydrogen) atoms. The molecule has 1 saturated heterocycles. The highest BCUT2D eigenvalue weighted by atomic mass is 16.5. The van der Waals surface area contributed by atoms with Crippen LogP contribution in [0.4, 0.5) is 0 Å². The third-order valence-corrected chi connectivity index (χ3v) is 5.02. The predicted molar refractivity (Wildman–Crippen MR) is 101 cm³/mol. The topological polar surface area (TPSA) is 63.5 Å². The van der Waals surface area contributed by atoms with E-state index >= 15 is 0 Å². The summed E-state index contributed by atoms with van der Waals surface area (Å²) in [6, 6.07) is 4.04. The number of piperazine rings is 1. The van der Waals surface area contributed by atoms with Gasteiger partial charge in [-0.3, -0.25) is 4.79 Å². The zero-order valence-corrected chi connectivity index (χ0v) is 16.0. The van der Waals surface area contributed by atoms with Crippen LogP contribution >= 0.6 is 0 Å². The lowest BCUT2D eigenvalue weighted by Crippen LogP contribution is -2.47. The third-order valence-electron chi connectivity index (χ3n) is 5.02. The van der Waals surface area contributed by atoms with Crippen molar-refractivity contribution in [2.75, 3.05) is 46.9 Å². The van der Waals surface area contributed by atoms with Crippen LogP contribution in [-0.4, -0.2) is 77.2 Å². The lowest BCUT2D eigenvalue weighted by atomic mass is 10.2. The number of aryl methyl sites for hydroxylation is 1. The highest BCUT2D eigenvalue weighted by Crippen LogP contribution is 2.21. The molecule has 0 spiro atoms. The Labute approximate surface area is 155 Å². The molecule has 7 nitrogen and oxygen atoms in total. The number of carbonyl (C=O) groups is 1. The number of carbonyl (C=O) groups excluding carboxylic acids is 1. The minimum absolute atomic E-state index is 0.156. The van der Waals surface area contributed by atoms with Crippen molar-refractivity contribution in [3.8, 4) is 0 Å². The first kappa shape index (κ1) is 18.8. The zero-order valence-electron chi connectivity index (χ0n) is 16.0. The Morgan fingerprint density at radius 2 is 2.08 bits per heavy atom. The fourth-order valence-electron chi connectivity index (χ4n) is 3.54. The van der Waals surface area contributed by atoms with Gasteiger partial charge in [0.15, 0.2) is 5.65 Å². The van der Waals surface area contributed by atoms with Gasteiger partial charge in [0, 0.05) is 52.3 Å². The Bertz CT molecular complexity index is 737. The van der Waals surface area contributed by atoms with Crippen LogP contribution in [0.1, 0.15) is 31.6 Å². The van der Waals surface area contributed by atoms with Crippen molar-refractivity contribution < 1.29 is 9.53 Å². The van der Waals surface area contributed by atoms with Crippen molar-refractivity contribution in [2.45, 2.75) is 32.2 Å². The number of ether oxygens (including phenoxy) is 1. The molecule has 1 atom stereocenters. The van der Waals surface area contributed by atoms with E-state index in [9.17, 15) is 4.79 Å². The van der Waals surface area contributed by atoms with Crippen LogP contribution in [0.3, 0.4) is 0 Å². The van der Waals surface area contributed by atoms with Crippen molar-refractivity contribution in [2.24, 2.45) is 0 Å². The normalized spacial score (nSPS) is 17.0. The first-order chi connectivity index (χ1) is 12.6. The molecule has 0 radical (unpaired) electrons. The average Bonchev–Trinajstić information content (AvgIpc) is 3.00. The number of likely N-dealkylation sites (N-methyl/N-ethyl adjacent to an activating group) is 1. The van der Waals surface area contributed by atoms with E-state index in [1.165, 1.54) is 0 Å². The van der Waals surface area contributed by atoms with Gasteiger partial charge < -0.3 is 19.1 Å². The SMILES string of the molecule is COCC(C)n1c(CCCC(=O)N2CCN(C)CC2)nc2cccnc21. The molecule has 1 fully saturated rings. The van der Waals surface area contributed by atoms with Crippen LogP contribution in [0, 0.1) is 0 Å². The first-order valence-corrected chi connectivity index (χ1v) is 9.37. The molecule has 0 N–H and O–H groups in total. The van der Waals surface area contributed by atoms with Crippen LogP contribution in [0.15, 0.2) is 18.3 Å². The molecule has 142 valence electrons. The number of hydrogen-bond donors (Lipinski definition) is 0. The zero-order chi connectivity index (χ0) is 18.5. The molecule has 0 aliphatic carbocycles. The van der Waals surface area contributed by atoms with Crippen LogP contribution in [0.25, 0.3) is 11.2 Å². The molecule has 1 aliphatic heterocycles. The highest BCUT2D eigenvalue weighted by molar-refractivity contribution is 5.76. The number of hydrogen-bond acceptors (Lipinski definition) is 5. The van der Waals surface area contributed by atoms with Crippen molar-refractivity contribution in [1.29, 1.82) is 0 Å². The lowest BCUT2D eigenvalue weighted by Gasteiger charge is -2.32. The van der Waals surface area contributed by atoms with Crippen LogP contribution in [-0.2, 0) is 16.0 Å². The predicted octanol–water partition coefficient (Wildman–Crippen LogP) is 1.74. The second-order valence-corrected chi connectivity index (χ2v) is 7.09. The molecule has 1 unspecified atom stereocenters. The molecule has 3 heterocycles. The Kier molecular flexibility index (Phi) is 6.21. The third kappa shape index (κ3) is 4.22. The molecule has 1 aliphatic rings. The summed E-state index contributed by atoms with van der Waals surface area (Å²) in [5, 5.41) is 0. The maximum absolute atomic E-state index is 12.4. The van der Waals surface area contributed by atoms with Crippen LogP contribution < -0.4 is 0 Å². The van der Waals surface area contributed by atoms with Gasteiger partial charge in [-0.25, -0.2) is 9.97 Å². The minimum atomic E-state index is 0.156. The summed E-state index contributed by atoms with van der Waals surface area (Å²) in [6.45, 7) is 6.31. The average molecular weight is 359 g/mol. The molecule has 0 aromatic carbocycles. The van der Waals surface area contributed by atoms with Gasteiger partial charge in [-0.05, 0) is 32.5 Å². The Morgan fingerprint density at radius 1 is 1.31 bits per heavy atom. The summed E-state index contributed by atoms with van der Waals surface area (Å²) in [7, 11) is 3.80. The van der Waals surface area contributed by atoms with Crippen molar-refractivity contribution in [1.82, 2.24) is 24.3 Å². The number of aromatic nitrogens is 3. The number of rotatable bonds is 7. The van der Waals surface area contributed by atoms with E-state index in [-0.39, 0.29) is 11.9 Å². The summed E-state index contributed by atoms with van der Waals surface area (Å²) in [5.74, 6) is 1.23. The van der Waals surface area contributed by atoms with Gasteiger partial charge in [-0.2, -0.15) is 0 Å². The summed E-state index contributed by atoms with van der Waals surface area (Å²) >= 11 is 0. The van der Waals surface area contributed by atoms with Gasteiger partial charge in [0.05, 0.1) is 12.6 Å². The maximum atomic E-state index is 12.4. The molecule has 1 amide bonds. The van der Waals surface area contributed by atoms with E-state index < -0.39 is 0 Å². The van der Waals surface area contributed by atoms with Crippen LogP contribution in [0.5, 0.6) is 0 Å². The molecule has 3 rings (SSSR count). The number of pyridine rings is 1. The monoisotopic (exact) mass is 359 g/mol. The van der Waals surface area contributed by atoms with Gasteiger partial charge in [0.1, 0.15) is 11.3 Å². The molecule has 2 aromatic heterocycles. The van der Waals surface area contributed by atoms with Gasteiger partial charge in [0.25, 0.3) is 0 Å². The Hall–Kier alpha value is -1.99. The van der Waals surface area contributed by atoms with Crippen molar-refractivity contribution in [3.05, 3.63) is 24.2 Å². The minimum Gasteiger partial charge on any atom is -0.383 e. The summed E-state index contributed by atoms with van der Waals surface area (Å²) in [5.41, 5.74) is 1.79. The van der Waals surface area contributed by atoms with Gasteiger partial charge in [-0.1, -0.05) is 0 Å². The number of imidazole rings is 1. The number of methoxy groups -OCH3 is 1. The Morgan fingerprint density at radius 3 is 2.81 bits per heavy atom. The highest BCUT2D eigenvalue weighted by Gasteiger charge is 2.20. The summed E-state index contributed by atoms with van der Waals surface area (Å²) in [6.07, 6.45) is 3.93. The summed E-state index contributed by atoms with van der Waals surface area (Å²) in [4.78, 5) is 25.9. The molecular formula is C19H29N5O2. The maximum Gasteiger partial charge on any atom is 0.222 e. The summed E-state index contributed by atoms with van der Waals surface area (Å²) < 4.78 is 7.47. The lowest BCUT2D eigenvalue weighted by molar-refractivity contribution is -0.132. The van der Waals surface area contributed by atoms with Crippen LogP contribution in [0.2, 0.25) is 0 Å². The van der Waals surface area contributed by atoms with E-state index in [4.69, 9.17) is 9.72 Å². The van der Waals surface area contributed by atoms with E-state index in [0.717, 1.165) is 56.0 Å². The van der Waals surface area contributed by atoms with E-state index in [1.54, 1.807) is 13.3 Å². The smallest absolute Gasteiger partial charge is 0.222 e. The molecule has 2 aromatic rings. The first-order valence-electron chi connectivity index (χ1n) is 9.37. The largest absolute Gasteiger partial charge is 0.383 e. The molecular weight excluding hydrogens is 330 g/mol. The van der Waals surface area contributed by atoms with Crippen molar-refractivity contribution in [3.63, 3.8) is 0 Å². The second kappa shape index (κ2) is 8.60. The molecule has 0 bridgehead atoms. The molecule has 0 saturated carbocycles. The fraction of sp³-hybridized carbons (Fsp3) is 0.632. The quantitative estimate of drug-likeness (QED) is 0.753. The van der Waals surface area contributed by atoms with Crippen molar-refractivity contribution >= 4 is 17.1 Å².